The second-order valence-electron chi connectivity index (χ2n) is 8.78. The van der Waals surface area contributed by atoms with Gasteiger partial charge in [0.2, 0.25) is 0 Å². The number of hydrogen-bond acceptors (Lipinski definition) is 9. The Hall–Kier alpha value is -4.76. The molecule has 0 fully saturated rings. The van der Waals surface area contributed by atoms with Crippen LogP contribution in [0.15, 0.2) is 103 Å². The molecular weight excluding hydrogens is 504 g/mol. The number of benzene rings is 3. The predicted octanol–water partition coefficient (Wildman–Crippen LogP) is 3.53. The van der Waals surface area contributed by atoms with Crippen LogP contribution in [-0.2, 0) is 23.7 Å². The van der Waals surface area contributed by atoms with Gasteiger partial charge in [-0.3, -0.25) is 4.79 Å². The number of rotatable bonds is 8. The summed E-state index contributed by atoms with van der Waals surface area (Å²) in [5, 5.41) is 11.9. The van der Waals surface area contributed by atoms with Gasteiger partial charge in [0.25, 0.3) is 0 Å². The van der Waals surface area contributed by atoms with Crippen LogP contribution in [0.2, 0.25) is 0 Å². The Kier molecular flexibility index (Phi) is 8.53. The molecule has 4 unspecified atom stereocenters. The van der Waals surface area contributed by atoms with Crippen LogP contribution in [0, 0.1) is 0 Å². The van der Waals surface area contributed by atoms with Crippen LogP contribution in [0.5, 0.6) is 0 Å². The summed E-state index contributed by atoms with van der Waals surface area (Å²) in [5.74, 6) is -3.10. The maximum atomic E-state index is 12.9. The van der Waals surface area contributed by atoms with Crippen LogP contribution in [0.1, 0.15) is 38.0 Å². The zero-order valence-electron chi connectivity index (χ0n) is 21.0. The molecule has 0 radical (unpaired) electrons. The molecule has 4 rings (SSSR count). The zero-order valence-corrected chi connectivity index (χ0v) is 21.0. The summed E-state index contributed by atoms with van der Waals surface area (Å²) in [5.41, 5.74) is -1.68. The molecule has 0 saturated heterocycles. The number of carbonyl (C=O) groups excluding carboxylic acids is 4. The summed E-state index contributed by atoms with van der Waals surface area (Å²) in [7, 11) is 0. The van der Waals surface area contributed by atoms with E-state index in [1.54, 1.807) is 54.6 Å². The van der Waals surface area contributed by atoms with Gasteiger partial charge in [-0.05, 0) is 48.6 Å². The molecule has 0 heterocycles. The molecule has 0 bridgehead atoms. The van der Waals surface area contributed by atoms with E-state index in [9.17, 15) is 24.3 Å². The van der Waals surface area contributed by atoms with Crippen molar-refractivity contribution in [2.45, 2.75) is 30.8 Å². The Morgan fingerprint density at radius 1 is 0.667 bits per heavy atom. The average molecular weight is 531 g/mol. The highest BCUT2D eigenvalue weighted by molar-refractivity contribution is 5.90. The van der Waals surface area contributed by atoms with E-state index in [0.29, 0.717) is 0 Å². The second-order valence-corrected chi connectivity index (χ2v) is 8.78. The third-order valence-electron chi connectivity index (χ3n) is 5.99. The first-order chi connectivity index (χ1) is 18.8. The van der Waals surface area contributed by atoms with E-state index in [1.807, 2.05) is 0 Å². The minimum absolute atomic E-state index is 0.205. The van der Waals surface area contributed by atoms with Gasteiger partial charge in [0.1, 0.15) is 6.61 Å². The van der Waals surface area contributed by atoms with Crippen LogP contribution in [0.3, 0.4) is 0 Å². The normalized spacial score (nSPS) is 21.8. The Balaban J connectivity index is 1.66. The molecule has 39 heavy (non-hydrogen) atoms. The first-order valence-electron chi connectivity index (χ1n) is 12.1. The summed E-state index contributed by atoms with van der Waals surface area (Å²) in [6.07, 6.45) is -1.67. The molecule has 0 spiro atoms. The molecule has 1 aliphatic carbocycles. The number of ether oxygens (including phenoxy) is 4. The van der Waals surface area contributed by atoms with Crippen LogP contribution >= 0.6 is 0 Å². The van der Waals surface area contributed by atoms with Gasteiger partial charge < -0.3 is 24.1 Å². The highest BCUT2D eigenvalue weighted by atomic mass is 16.6. The molecule has 3 aromatic rings. The maximum Gasteiger partial charge on any atom is 0.338 e. The molecule has 0 amide bonds. The number of aliphatic hydroxyl groups is 1. The summed E-state index contributed by atoms with van der Waals surface area (Å²) in [4.78, 5) is 50.5. The third-order valence-corrected chi connectivity index (χ3v) is 5.99. The standard InChI is InChI=1S/C30H26O9/c1-20(31)37-26-24(38-28(33)22-13-7-3-8-14-22)17-18-25(39-29(34)23-15-9-4-10-16-23)30(26,35)19-36-27(32)21-11-5-2-6-12-21/h2-18,24-26,35H,19H2,1H3. The van der Waals surface area contributed by atoms with Gasteiger partial charge >= 0.3 is 23.9 Å². The fourth-order valence-electron chi connectivity index (χ4n) is 4.04. The van der Waals surface area contributed by atoms with Gasteiger partial charge in [0.05, 0.1) is 16.7 Å². The van der Waals surface area contributed by atoms with Crippen molar-refractivity contribution in [2.75, 3.05) is 6.61 Å². The van der Waals surface area contributed by atoms with E-state index in [1.165, 1.54) is 48.6 Å². The minimum atomic E-state index is -2.32. The number of esters is 4. The fraction of sp³-hybridized carbons (Fsp3) is 0.200. The molecular formula is C30H26O9. The SMILES string of the molecule is CC(=O)OC1C(OC(=O)c2ccccc2)C=CC(OC(=O)c2ccccc2)C1(O)COC(=O)c1ccccc1. The Morgan fingerprint density at radius 3 is 1.62 bits per heavy atom. The first kappa shape index (κ1) is 27.3. The highest BCUT2D eigenvalue weighted by Crippen LogP contribution is 2.33. The van der Waals surface area contributed by atoms with E-state index in [-0.39, 0.29) is 16.7 Å². The predicted molar refractivity (Wildman–Crippen MR) is 138 cm³/mol. The lowest BCUT2D eigenvalue weighted by Crippen LogP contribution is -2.64. The molecule has 1 N–H and O–H groups in total. The van der Waals surface area contributed by atoms with Gasteiger partial charge in [-0.25, -0.2) is 14.4 Å². The summed E-state index contributed by atoms with van der Waals surface area (Å²) in [6, 6.07) is 24.2. The smallest absolute Gasteiger partial charge is 0.338 e. The van der Waals surface area contributed by atoms with Gasteiger partial charge in [0, 0.05) is 6.92 Å². The molecule has 4 atom stereocenters. The summed E-state index contributed by atoms with van der Waals surface area (Å²) >= 11 is 0. The first-order valence-corrected chi connectivity index (χ1v) is 12.1. The van der Waals surface area contributed by atoms with Crippen molar-refractivity contribution < 1.29 is 43.2 Å². The molecule has 0 saturated carbocycles. The molecule has 9 heteroatoms. The molecule has 9 nitrogen and oxygen atoms in total. The Labute approximate surface area is 224 Å². The summed E-state index contributed by atoms with van der Waals surface area (Å²) < 4.78 is 22.0. The third kappa shape index (κ3) is 6.58. The molecule has 200 valence electrons. The lowest BCUT2D eigenvalue weighted by molar-refractivity contribution is -0.205. The molecule has 0 aromatic heterocycles. The van der Waals surface area contributed by atoms with E-state index in [2.05, 4.69) is 0 Å². The fourth-order valence-corrected chi connectivity index (χ4v) is 4.04. The lowest BCUT2D eigenvalue weighted by Gasteiger charge is -2.43. The van der Waals surface area contributed by atoms with Crippen LogP contribution in [-0.4, -0.2) is 59.5 Å². The van der Waals surface area contributed by atoms with Crippen LogP contribution in [0.25, 0.3) is 0 Å². The quantitative estimate of drug-likeness (QED) is 0.264. The van der Waals surface area contributed by atoms with Crippen LogP contribution in [0.4, 0.5) is 0 Å². The number of carbonyl (C=O) groups is 4. The van der Waals surface area contributed by atoms with Crippen molar-refractivity contribution in [3.8, 4) is 0 Å². The van der Waals surface area contributed by atoms with E-state index >= 15 is 0 Å². The molecule has 3 aromatic carbocycles. The van der Waals surface area contributed by atoms with Crippen molar-refractivity contribution >= 4 is 23.9 Å². The molecule has 1 aliphatic rings. The highest BCUT2D eigenvalue weighted by Gasteiger charge is 2.55. The topological polar surface area (TPSA) is 125 Å². The second kappa shape index (κ2) is 12.2. The van der Waals surface area contributed by atoms with Crippen molar-refractivity contribution in [1.82, 2.24) is 0 Å². The van der Waals surface area contributed by atoms with Crippen molar-refractivity contribution in [2.24, 2.45) is 0 Å². The van der Waals surface area contributed by atoms with E-state index in [0.717, 1.165) is 6.92 Å². The van der Waals surface area contributed by atoms with Crippen LogP contribution < -0.4 is 0 Å². The average Bonchev–Trinajstić information content (AvgIpc) is 2.96. The summed E-state index contributed by atoms with van der Waals surface area (Å²) in [6.45, 7) is 0.352. The monoisotopic (exact) mass is 530 g/mol. The zero-order chi connectivity index (χ0) is 27.8. The molecule has 0 aliphatic heterocycles. The Bertz CT molecular complexity index is 1340. The van der Waals surface area contributed by atoms with Crippen molar-refractivity contribution in [3.63, 3.8) is 0 Å². The van der Waals surface area contributed by atoms with E-state index in [4.69, 9.17) is 18.9 Å². The van der Waals surface area contributed by atoms with Gasteiger partial charge in [-0.15, -0.1) is 0 Å². The van der Waals surface area contributed by atoms with Gasteiger partial charge in [-0.1, -0.05) is 54.6 Å². The maximum absolute atomic E-state index is 12.9. The van der Waals surface area contributed by atoms with E-state index < -0.39 is 54.4 Å². The van der Waals surface area contributed by atoms with Gasteiger partial charge in [0.15, 0.2) is 23.9 Å². The minimum Gasteiger partial charge on any atom is -0.459 e. The largest absolute Gasteiger partial charge is 0.459 e. The number of hydrogen-bond donors (Lipinski definition) is 1. The van der Waals surface area contributed by atoms with Gasteiger partial charge in [-0.2, -0.15) is 0 Å². The van der Waals surface area contributed by atoms with Crippen molar-refractivity contribution in [1.29, 1.82) is 0 Å². The lowest BCUT2D eigenvalue weighted by atomic mass is 9.82. The van der Waals surface area contributed by atoms with Crippen molar-refractivity contribution in [3.05, 3.63) is 120 Å². The Morgan fingerprint density at radius 2 is 1.13 bits per heavy atom.